The van der Waals surface area contributed by atoms with Crippen LogP contribution in [0.2, 0.25) is 0 Å². The molecule has 0 heterocycles. The van der Waals surface area contributed by atoms with Crippen molar-refractivity contribution in [2.24, 2.45) is 0 Å². The summed E-state index contributed by atoms with van der Waals surface area (Å²) in [6.07, 6.45) is 0. The van der Waals surface area contributed by atoms with Crippen LogP contribution in [0.1, 0.15) is 5.56 Å². The molecule has 1 nitrogen and oxygen atoms in total. The SMILES string of the molecule is Nc1cc(F)cc(CSc2ccc3ccccc3c2)c1. The van der Waals surface area contributed by atoms with E-state index in [1.807, 2.05) is 18.2 Å². The molecule has 0 aliphatic carbocycles. The van der Waals surface area contributed by atoms with Crippen LogP contribution < -0.4 is 5.73 Å². The van der Waals surface area contributed by atoms with Crippen LogP contribution >= 0.6 is 11.8 Å². The molecule has 0 saturated carbocycles. The van der Waals surface area contributed by atoms with E-state index in [1.165, 1.54) is 27.8 Å². The maximum Gasteiger partial charge on any atom is 0.125 e. The Kier molecular flexibility index (Phi) is 3.61. The zero-order chi connectivity index (χ0) is 13.9. The van der Waals surface area contributed by atoms with E-state index in [4.69, 9.17) is 5.73 Å². The van der Waals surface area contributed by atoms with E-state index >= 15 is 0 Å². The molecule has 3 heteroatoms. The molecular weight excluding hydrogens is 269 g/mol. The van der Waals surface area contributed by atoms with Crippen molar-refractivity contribution in [1.82, 2.24) is 0 Å². The van der Waals surface area contributed by atoms with Crippen molar-refractivity contribution in [1.29, 1.82) is 0 Å². The second-order valence-electron chi connectivity index (χ2n) is 4.69. The summed E-state index contributed by atoms with van der Waals surface area (Å²) in [6, 6.07) is 19.3. The molecule has 2 N–H and O–H groups in total. The summed E-state index contributed by atoms with van der Waals surface area (Å²) in [7, 11) is 0. The molecule has 100 valence electrons. The minimum absolute atomic E-state index is 0.279. The molecular formula is C17H14FNS. The summed E-state index contributed by atoms with van der Waals surface area (Å²) in [5.74, 6) is 0.430. The van der Waals surface area contributed by atoms with Crippen molar-refractivity contribution in [3.8, 4) is 0 Å². The van der Waals surface area contributed by atoms with Crippen LogP contribution in [0.4, 0.5) is 10.1 Å². The number of rotatable bonds is 3. The number of thioether (sulfide) groups is 1. The average molecular weight is 283 g/mol. The van der Waals surface area contributed by atoms with E-state index in [1.54, 1.807) is 11.8 Å². The molecule has 0 aliphatic rings. The van der Waals surface area contributed by atoms with Crippen LogP contribution in [0.3, 0.4) is 0 Å². The fourth-order valence-electron chi connectivity index (χ4n) is 2.18. The van der Waals surface area contributed by atoms with Crippen LogP contribution in [0, 0.1) is 5.82 Å². The maximum absolute atomic E-state index is 13.3. The summed E-state index contributed by atoms with van der Waals surface area (Å²) >= 11 is 1.68. The van der Waals surface area contributed by atoms with Crippen molar-refractivity contribution in [3.63, 3.8) is 0 Å². The van der Waals surface area contributed by atoms with Gasteiger partial charge in [-0.1, -0.05) is 30.3 Å². The second kappa shape index (κ2) is 5.55. The van der Waals surface area contributed by atoms with E-state index in [0.29, 0.717) is 11.4 Å². The van der Waals surface area contributed by atoms with Gasteiger partial charge < -0.3 is 5.73 Å². The van der Waals surface area contributed by atoms with Crippen molar-refractivity contribution in [2.75, 3.05) is 5.73 Å². The molecule has 0 atom stereocenters. The van der Waals surface area contributed by atoms with Gasteiger partial charge in [0, 0.05) is 16.3 Å². The van der Waals surface area contributed by atoms with Gasteiger partial charge in [0.05, 0.1) is 0 Å². The van der Waals surface area contributed by atoms with E-state index in [-0.39, 0.29) is 5.82 Å². The van der Waals surface area contributed by atoms with Gasteiger partial charge in [-0.2, -0.15) is 0 Å². The van der Waals surface area contributed by atoms with Crippen LogP contribution in [-0.4, -0.2) is 0 Å². The zero-order valence-corrected chi connectivity index (χ0v) is 11.7. The van der Waals surface area contributed by atoms with Gasteiger partial charge in [-0.25, -0.2) is 4.39 Å². The molecule has 3 aromatic rings. The first-order valence-corrected chi connectivity index (χ1v) is 7.36. The molecule has 0 radical (unpaired) electrons. The first-order valence-electron chi connectivity index (χ1n) is 6.37. The summed E-state index contributed by atoms with van der Waals surface area (Å²) in [5, 5.41) is 2.45. The number of halogens is 1. The Labute approximate surface area is 121 Å². The lowest BCUT2D eigenvalue weighted by atomic mass is 10.1. The highest BCUT2D eigenvalue weighted by atomic mass is 32.2. The van der Waals surface area contributed by atoms with Crippen LogP contribution in [-0.2, 0) is 5.75 Å². The highest BCUT2D eigenvalue weighted by Gasteiger charge is 2.01. The third-order valence-electron chi connectivity index (χ3n) is 3.11. The molecule has 3 aromatic carbocycles. The van der Waals surface area contributed by atoms with Gasteiger partial charge in [0.25, 0.3) is 0 Å². The quantitative estimate of drug-likeness (QED) is 0.549. The topological polar surface area (TPSA) is 26.0 Å². The van der Waals surface area contributed by atoms with E-state index in [0.717, 1.165) is 5.56 Å². The first-order chi connectivity index (χ1) is 9.70. The lowest BCUT2D eigenvalue weighted by Gasteiger charge is -2.05. The fraction of sp³-hybridized carbons (Fsp3) is 0.0588. The zero-order valence-electron chi connectivity index (χ0n) is 10.8. The number of nitrogen functional groups attached to an aromatic ring is 1. The van der Waals surface area contributed by atoms with E-state index in [9.17, 15) is 4.39 Å². The summed E-state index contributed by atoms with van der Waals surface area (Å²) in [5.41, 5.74) is 7.03. The molecule has 0 saturated heterocycles. The molecule has 0 aliphatic heterocycles. The van der Waals surface area contributed by atoms with Gasteiger partial charge in [0.15, 0.2) is 0 Å². The molecule has 0 bridgehead atoms. The maximum atomic E-state index is 13.3. The number of hydrogen-bond donors (Lipinski definition) is 1. The van der Waals surface area contributed by atoms with E-state index < -0.39 is 0 Å². The number of hydrogen-bond acceptors (Lipinski definition) is 2. The number of fused-ring (bicyclic) bond motifs is 1. The minimum Gasteiger partial charge on any atom is -0.399 e. The van der Waals surface area contributed by atoms with Crippen molar-refractivity contribution < 1.29 is 4.39 Å². The minimum atomic E-state index is -0.279. The Hall–Kier alpha value is -2.00. The van der Waals surface area contributed by atoms with Gasteiger partial charge in [0.2, 0.25) is 0 Å². The fourth-order valence-corrected chi connectivity index (χ4v) is 3.06. The largest absolute Gasteiger partial charge is 0.399 e. The van der Waals surface area contributed by atoms with E-state index in [2.05, 4.69) is 30.3 Å². The Morgan fingerprint density at radius 3 is 2.50 bits per heavy atom. The number of anilines is 1. The monoisotopic (exact) mass is 283 g/mol. The average Bonchev–Trinajstić information content (AvgIpc) is 2.44. The molecule has 0 amide bonds. The highest BCUT2D eigenvalue weighted by molar-refractivity contribution is 7.98. The molecule has 0 unspecified atom stereocenters. The summed E-state index contributed by atoms with van der Waals surface area (Å²) in [6.45, 7) is 0. The Bertz CT molecular complexity index is 735. The third kappa shape index (κ3) is 2.94. The Morgan fingerprint density at radius 2 is 1.70 bits per heavy atom. The summed E-state index contributed by atoms with van der Waals surface area (Å²) < 4.78 is 13.3. The van der Waals surface area contributed by atoms with Crippen molar-refractivity contribution in [2.45, 2.75) is 10.6 Å². The number of nitrogens with two attached hydrogens (primary N) is 1. The predicted molar refractivity (Wildman–Crippen MR) is 84.3 cm³/mol. The van der Waals surface area contributed by atoms with Crippen molar-refractivity contribution >= 4 is 28.2 Å². The van der Waals surface area contributed by atoms with Gasteiger partial charge in [-0.15, -0.1) is 11.8 Å². The normalized spacial score (nSPS) is 10.8. The van der Waals surface area contributed by atoms with Gasteiger partial charge >= 0.3 is 0 Å². The van der Waals surface area contributed by atoms with Crippen LogP contribution in [0.25, 0.3) is 10.8 Å². The molecule has 3 rings (SSSR count). The molecule has 20 heavy (non-hydrogen) atoms. The second-order valence-corrected chi connectivity index (χ2v) is 5.74. The van der Waals surface area contributed by atoms with Crippen LogP contribution in [0.5, 0.6) is 0 Å². The molecule has 0 fully saturated rings. The van der Waals surface area contributed by atoms with Gasteiger partial charge in [-0.3, -0.25) is 0 Å². The Morgan fingerprint density at radius 1 is 0.900 bits per heavy atom. The first kappa shape index (κ1) is 13.0. The lowest BCUT2D eigenvalue weighted by molar-refractivity contribution is 0.627. The highest BCUT2D eigenvalue weighted by Crippen LogP contribution is 2.27. The molecule has 0 aromatic heterocycles. The summed E-state index contributed by atoms with van der Waals surface area (Å²) in [4.78, 5) is 1.17. The van der Waals surface area contributed by atoms with Gasteiger partial charge in [0.1, 0.15) is 5.82 Å². The number of benzene rings is 3. The van der Waals surface area contributed by atoms with Crippen LogP contribution in [0.15, 0.2) is 65.6 Å². The predicted octanol–water partition coefficient (Wildman–Crippen LogP) is 4.85. The van der Waals surface area contributed by atoms with Gasteiger partial charge in [-0.05, 0) is 46.7 Å². The smallest absolute Gasteiger partial charge is 0.125 e. The standard InChI is InChI=1S/C17H14FNS/c18-15-7-12(8-16(19)10-15)11-20-17-6-5-13-3-1-2-4-14(13)9-17/h1-10H,11,19H2. The Balaban J connectivity index is 1.79. The van der Waals surface area contributed by atoms with Crippen molar-refractivity contribution in [3.05, 3.63) is 72.0 Å². The third-order valence-corrected chi connectivity index (χ3v) is 4.17. The molecule has 0 spiro atoms. The lowest BCUT2D eigenvalue weighted by Crippen LogP contribution is -1.90.